The Morgan fingerprint density at radius 2 is 1.66 bits per heavy atom. The van der Waals surface area contributed by atoms with Crippen molar-refractivity contribution in [1.82, 2.24) is 9.80 Å². The van der Waals surface area contributed by atoms with Crippen molar-refractivity contribution in [3.05, 3.63) is 59.7 Å². The van der Waals surface area contributed by atoms with Crippen LogP contribution in [0.1, 0.15) is 17.5 Å². The highest BCUT2D eigenvalue weighted by Gasteiger charge is 2.26. The van der Waals surface area contributed by atoms with Crippen molar-refractivity contribution < 1.29 is 19.7 Å². The topological polar surface area (TPSA) is 65.4 Å². The summed E-state index contributed by atoms with van der Waals surface area (Å²) in [6.45, 7) is 5.10. The quantitative estimate of drug-likeness (QED) is 0.637. The highest BCUT2D eigenvalue weighted by atomic mass is 16.5. The molecule has 0 spiro atoms. The molecule has 1 fully saturated rings. The third kappa shape index (κ3) is 6.44. The second-order valence-corrected chi connectivity index (χ2v) is 7.44. The molecule has 1 aliphatic heterocycles. The number of aliphatic hydroxyl groups is 2. The number of piperazine rings is 1. The molecule has 0 amide bonds. The lowest BCUT2D eigenvalue weighted by Gasteiger charge is -2.41. The molecule has 29 heavy (non-hydrogen) atoms. The maximum Gasteiger partial charge on any atom is 0.119 e. The van der Waals surface area contributed by atoms with Crippen molar-refractivity contribution >= 4 is 0 Å². The average molecular weight is 401 g/mol. The van der Waals surface area contributed by atoms with E-state index in [4.69, 9.17) is 14.6 Å². The van der Waals surface area contributed by atoms with Crippen molar-refractivity contribution in [2.45, 2.75) is 25.6 Å². The van der Waals surface area contributed by atoms with Gasteiger partial charge in [-0.25, -0.2) is 0 Å². The second kappa shape index (κ2) is 11.2. The molecular weight excluding hydrogens is 368 g/mol. The molecule has 6 nitrogen and oxygen atoms in total. The summed E-state index contributed by atoms with van der Waals surface area (Å²) in [6.07, 6.45) is 0.764. The fourth-order valence-electron chi connectivity index (χ4n) is 3.89. The van der Waals surface area contributed by atoms with Crippen LogP contribution in [0.5, 0.6) is 11.5 Å². The molecule has 158 valence electrons. The Bertz CT molecular complexity index is 755. The fraction of sp³-hybridized carbons (Fsp3) is 0.478. The summed E-state index contributed by atoms with van der Waals surface area (Å²) >= 11 is 0. The van der Waals surface area contributed by atoms with E-state index in [-0.39, 0.29) is 13.2 Å². The molecule has 2 aromatic rings. The van der Waals surface area contributed by atoms with E-state index < -0.39 is 0 Å². The molecule has 3 rings (SSSR count). The Morgan fingerprint density at radius 3 is 2.38 bits per heavy atom. The third-order valence-corrected chi connectivity index (χ3v) is 5.34. The first-order valence-corrected chi connectivity index (χ1v) is 10.2. The first-order valence-electron chi connectivity index (χ1n) is 10.2. The summed E-state index contributed by atoms with van der Waals surface area (Å²) in [6, 6.07) is 16.6. The van der Waals surface area contributed by atoms with Crippen molar-refractivity contribution in [1.29, 1.82) is 0 Å². The number of hydrogen-bond acceptors (Lipinski definition) is 6. The number of ether oxygens (including phenoxy) is 2. The molecule has 2 N–H and O–H groups in total. The van der Waals surface area contributed by atoms with E-state index in [1.165, 1.54) is 11.1 Å². The zero-order chi connectivity index (χ0) is 20.5. The smallest absolute Gasteiger partial charge is 0.119 e. The van der Waals surface area contributed by atoms with Gasteiger partial charge in [0.1, 0.15) is 18.1 Å². The van der Waals surface area contributed by atoms with E-state index in [1.807, 2.05) is 30.3 Å². The molecule has 0 saturated carbocycles. The Labute approximate surface area is 173 Å². The van der Waals surface area contributed by atoms with Crippen molar-refractivity contribution in [3.63, 3.8) is 0 Å². The van der Waals surface area contributed by atoms with Crippen LogP contribution in [0.25, 0.3) is 0 Å². The molecule has 1 saturated heterocycles. The molecule has 0 aliphatic carbocycles. The van der Waals surface area contributed by atoms with Crippen LogP contribution in [0.15, 0.2) is 48.5 Å². The highest BCUT2D eigenvalue weighted by Crippen LogP contribution is 2.21. The standard InChI is InChI=1S/C23H32N2O4/c1-28-22-6-2-5-20(14-22)17-25-10-9-24(18-21(25)8-11-26)16-19-4-3-7-23(15-19)29-13-12-27/h2-7,14-15,21,26-27H,8-13,16-18H2,1H3/t21-/m0/s1. The van der Waals surface area contributed by atoms with Gasteiger partial charge in [-0.3, -0.25) is 9.80 Å². The molecular formula is C23H32N2O4. The van der Waals surface area contributed by atoms with Gasteiger partial charge in [0.15, 0.2) is 0 Å². The number of rotatable bonds is 10. The highest BCUT2D eigenvalue weighted by molar-refractivity contribution is 5.29. The van der Waals surface area contributed by atoms with Crippen LogP contribution < -0.4 is 9.47 Å². The number of benzene rings is 2. The summed E-state index contributed by atoms with van der Waals surface area (Å²) in [5, 5.41) is 18.5. The largest absolute Gasteiger partial charge is 0.497 e. The molecule has 1 aliphatic rings. The Balaban J connectivity index is 1.60. The zero-order valence-corrected chi connectivity index (χ0v) is 17.2. The van der Waals surface area contributed by atoms with Crippen molar-refractivity contribution in [2.24, 2.45) is 0 Å². The van der Waals surface area contributed by atoms with E-state index in [0.29, 0.717) is 12.6 Å². The summed E-state index contributed by atoms with van der Waals surface area (Å²) < 4.78 is 10.9. The van der Waals surface area contributed by atoms with E-state index >= 15 is 0 Å². The third-order valence-electron chi connectivity index (χ3n) is 5.34. The van der Waals surface area contributed by atoms with Gasteiger partial charge in [0, 0.05) is 45.4 Å². The van der Waals surface area contributed by atoms with Gasteiger partial charge >= 0.3 is 0 Å². The first-order chi connectivity index (χ1) is 14.2. The van der Waals surface area contributed by atoms with Crippen LogP contribution in [0.2, 0.25) is 0 Å². The minimum atomic E-state index is 0.0162. The summed E-state index contributed by atoms with van der Waals surface area (Å²) in [4.78, 5) is 4.90. The zero-order valence-electron chi connectivity index (χ0n) is 17.2. The van der Waals surface area contributed by atoms with Gasteiger partial charge in [-0.15, -0.1) is 0 Å². The Hall–Kier alpha value is -2.12. The molecule has 0 bridgehead atoms. The van der Waals surface area contributed by atoms with Gasteiger partial charge in [0.2, 0.25) is 0 Å². The molecule has 1 atom stereocenters. The lowest BCUT2D eigenvalue weighted by atomic mass is 10.1. The van der Waals surface area contributed by atoms with Gasteiger partial charge in [0.25, 0.3) is 0 Å². The van der Waals surface area contributed by atoms with Crippen LogP contribution in [-0.2, 0) is 13.1 Å². The number of hydrogen-bond donors (Lipinski definition) is 2. The number of methoxy groups -OCH3 is 1. The molecule has 1 heterocycles. The predicted octanol–water partition coefficient (Wildman–Crippen LogP) is 2.14. The minimum absolute atomic E-state index is 0.0162. The van der Waals surface area contributed by atoms with Crippen molar-refractivity contribution in [2.75, 3.05) is 46.6 Å². The Kier molecular flexibility index (Phi) is 8.31. The van der Waals surface area contributed by atoms with E-state index in [9.17, 15) is 5.11 Å². The second-order valence-electron chi connectivity index (χ2n) is 7.44. The molecule has 0 aromatic heterocycles. The van der Waals surface area contributed by atoms with Gasteiger partial charge in [0.05, 0.1) is 13.7 Å². The van der Waals surface area contributed by atoms with Gasteiger partial charge in [-0.05, 0) is 41.8 Å². The molecule has 0 unspecified atom stereocenters. The van der Waals surface area contributed by atoms with Gasteiger partial charge in [-0.1, -0.05) is 24.3 Å². The van der Waals surface area contributed by atoms with E-state index in [1.54, 1.807) is 7.11 Å². The number of aliphatic hydroxyl groups excluding tert-OH is 2. The van der Waals surface area contributed by atoms with Crippen LogP contribution in [0.3, 0.4) is 0 Å². The van der Waals surface area contributed by atoms with Crippen LogP contribution >= 0.6 is 0 Å². The average Bonchev–Trinajstić information content (AvgIpc) is 2.75. The van der Waals surface area contributed by atoms with E-state index in [0.717, 1.165) is 50.6 Å². The minimum Gasteiger partial charge on any atom is -0.497 e. The van der Waals surface area contributed by atoms with Crippen molar-refractivity contribution in [3.8, 4) is 11.5 Å². The molecule has 6 heteroatoms. The fourth-order valence-corrected chi connectivity index (χ4v) is 3.89. The summed E-state index contributed by atoms with van der Waals surface area (Å²) in [5.41, 5.74) is 2.43. The monoisotopic (exact) mass is 400 g/mol. The Morgan fingerprint density at radius 1 is 0.931 bits per heavy atom. The van der Waals surface area contributed by atoms with Crippen LogP contribution in [-0.4, -0.2) is 72.6 Å². The molecule has 2 aromatic carbocycles. The van der Waals surface area contributed by atoms with Gasteiger partial charge < -0.3 is 19.7 Å². The van der Waals surface area contributed by atoms with E-state index in [2.05, 4.69) is 28.0 Å². The number of nitrogens with zero attached hydrogens (tertiary/aromatic N) is 2. The SMILES string of the molecule is COc1cccc(CN2CCN(Cc3cccc(OCCO)c3)C[C@@H]2CCO)c1. The summed E-state index contributed by atoms with van der Waals surface area (Å²) in [7, 11) is 1.69. The van der Waals surface area contributed by atoms with Crippen LogP contribution in [0.4, 0.5) is 0 Å². The lowest BCUT2D eigenvalue weighted by molar-refractivity contribution is 0.0499. The first kappa shape index (κ1) is 21.6. The maximum atomic E-state index is 9.58. The van der Waals surface area contributed by atoms with Crippen LogP contribution in [0, 0.1) is 0 Å². The molecule has 0 radical (unpaired) electrons. The maximum absolute atomic E-state index is 9.58. The van der Waals surface area contributed by atoms with Gasteiger partial charge in [-0.2, -0.15) is 0 Å². The normalized spacial score (nSPS) is 18.0. The lowest BCUT2D eigenvalue weighted by Crippen LogP contribution is -2.52. The summed E-state index contributed by atoms with van der Waals surface area (Å²) in [5.74, 6) is 1.67. The predicted molar refractivity (Wildman–Crippen MR) is 113 cm³/mol.